The maximum absolute atomic E-state index is 14.3. The zero-order valence-corrected chi connectivity index (χ0v) is 24.3. The average molecular weight is 613 g/mol. The molecule has 3 fully saturated rings. The van der Waals surface area contributed by atoms with Crippen molar-refractivity contribution in [3.8, 4) is 5.75 Å². The Morgan fingerprint density at radius 1 is 0.814 bits per heavy atom. The predicted octanol–water partition coefficient (Wildman–Crippen LogP) is 5.57. The van der Waals surface area contributed by atoms with Gasteiger partial charge in [-0.15, -0.1) is 0 Å². The maximum Gasteiger partial charge on any atom is 0.416 e. The molecule has 6 rings (SSSR count). The quantitative estimate of drug-likeness (QED) is 0.364. The molecule has 3 aromatic rings. The largest absolute Gasteiger partial charge is 0.476 e. The molecule has 0 N–H and O–H groups in total. The van der Waals surface area contributed by atoms with Gasteiger partial charge in [0.1, 0.15) is 11.6 Å². The molecular formula is C32H32ClF3N4O3. The Hall–Kier alpha value is -3.79. The van der Waals surface area contributed by atoms with E-state index in [1.54, 1.807) is 28.1 Å². The summed E-state index contributed by atoms with van der Waals surface area (Å²) in [5, 5.41) is 0.586. The Morgan fingerprint density at radius 2 is 1.51 bits per heavy atom. The molecule has 3 aliphatic rings. The van der Waals surface area contributed by atoms with Gasteiger partial charge in [0.2, 0.25) is 11.5 Å². The van der Waals surface area contributed by atoms with E-state index in [1.165, 1.54) is 12.1 Å². The van der Waals surface area contributed by atoms with Gasteiger partial charge in [0.15, 0.2) is 0 Å². The molecule has 1 saturated carbocycles. The summed E-state index contributed by atoms with van der Waals surface area (Å²) in [6.45, 7) is 2.48. The summed E-state index contributed by atoms with van der Waals surface area (Å²) in [6.07, 6.45) is -0.522. The molecule has 1 unspecified atom stereocenters. The number of hydrogen-bond acceptors (Lipinski definition) is 5. The first-order chi connectivity index (χ1) is 20.6. The van der Waals surface area contributed by atoms with Crippen molar-refractivity contribution >= 4 is 29.2 Å². The molecule has 43 heavy (non-hydrogen) atoms. The van der Waals surface area contributed by atoms with Crippen LogP contribution >= 0.6 is 11.6 Å². The zero-order valence-electron chi connectivity index (χ0n) is 23.5. The van der Waals surface area contributed by atoms with E-state index in [0.29, 0.717) is 63.4 Å². The van der Waals surface area contributed by atoms with Crippen molar-refractivity contribution in [2.75, 3.05) is 44.2 Å². The molecule has 226 valence electrons. The molecule has 7 nitrogen and oxygen atoms in total. The Kier molecular flexibility index (Phi) is 7.75. The monoisotopic (exact) mass is 612 g/mol. The van der Waals surface area contributed by atoms with Gasteiger partial charge >= 0.3 is 6.18 Å². The summed E-state index contributed by atoms with van der Waals surface area (Å²) in [5.41, 5.74) is -2.01. The Labute approximate surface area is 253 Å². The molecule has 1 aromatic heterocycles. The first kappa shape index (κ1) is 29.3. The second-order valence-corrected chi connectivity index (χ2v) is 11.9. The fourth-order valence-electron chi connectivity index (χ4n) is 6.22. The van der Waals surface area contributed by atoms with Crippen LogP contribution in [0.1, 0.15) is 36.8 Å². The lowest BCUT2D eigenvalue weighted by Crippen LogP contribution is -2.65. The number of piperazine rings is 1. The highest BCUT2D eigenvalue weighted by Crippen LogP contribution is 2.50. The van der Waals surface area contributed by atoms with Crippen LogP contribution < -0.4 is 9.64 Å². The van der Waals surface area contributed by atoms with Crippen LogP contribution in [0.5, 0.6) is 5.75 Å². The van der Waals surface area contributed by atoms with Crippen LogP contribution in [0, 0.1) is 0 Å². The number of alkyl halides is 3. The average Bonchev–Trinajstić information content (AvgIpc) is 3.83. The van der Waals surface area contributed by atoms with Crippen LogP contribution in [0.3, 0.4) is 0 Å². The van der Waals surface area contributed by atoms with E-state index in [0.717, 1.165) is 23.5 Å². The zero-order chi connectivity index (χ0) is 30.2. The molecule has 0 bridgehead atoms. The third kappa shape index (κ3) is 5.89. The smallest absolute Gasteiger partial charge is 0.416 e. The number of ether oxygens (including phenoxy) is 1. The standard InChI is InChI=1S/C32H32ClF3N4O3/c33-25-9-5-23(6-10-25)30(14-15-30)28(41)40-17-3-13-31(22-40,43-26-11-7-24(8-12-26)32(34,35)36)29(42)39-20-18-38(19-21-39)27-4-1-2-16-37-27/h1-2,4-12,16H,3,13-15,17-22H2. The van der Waals surface area contributed by atoms with E-state index in [-0.39, 0.29) is 24.1 Å². The van der Waals surface area contributed by atoms with E-state index in [1.807, 2.05) is 30.3 Å². The highest BCUT2D eigenvalue weighted by molar-refractivity contribution is 6.30. The molecule has 2 saturated heterocycles. The summed E-state index contributed by atoms with van der Waals surface area (Å²) >= 11 is 6.09. The lowest BCUT2D eigenvalue weighted by Gasteiger charge is -2.46. The Morgan fingerprint density at radius 3 is 2.12 bits per heavy atom. The van der Waals surface area contributed by atoms with Crippen molar-refractivity contribution < 1.29 is 27.5 Å². The van der Waals surface area contributed by atoms with Crippen LogP contribution in [0.25, 0.3) is 0 Å². The normalized spacial score (nSPS) is 21.8. The number of piperidine rings is 1. The topological polar surface area (TPSA) is 66.0 Å². The van der Waals surface area contributed by atoms with Gasteiger partial charge in [-0.1, -0.05) is 29.8 Å². The van der Waals surface area contributed by atoms with Crippen LogP contribution in [0.15, 0.2) is 72.9 Å². The van der Waals surface area contributed by atoms with Crippen LogP contribution in [0.4, 0.5) is 19.0 Å². The lowest BCUT2D eigenvalue weighted by atomic mass is 9.87. The molecular weight excluding hydrogens is 581 g/mol. The molecule has 11 heteroatoms. The first-order valence-corrected chi connectivity index (χ1v) is 14.8. The molecule has 3 heterocycles. The molecule has 2 amide bonds. The number of likely N-dealkylation sites (tertiary alicyclic amines) is 1. The van der Waals surface area contributed by atoms with Crippen LogP contribution in [-0.4, -0.2) is 71.5 Å². The van der Waals surface area contributed by atoms with Gasteiger partial charge in [0.05, 0.1) is 17.5 Å². The molecule has 0 radical (unpaired) electrons. The number of nitrogens with zero attached hydrogens (tertiary/aromatic N) is 4. The van der Waals surface area contributed by atoms with Gasteiger partial charge in [0.25, 0.3) is 5.91 Å². The number of benzene rings is 2. The third-order valence-electron chi connectivity index (χ3n) is 8.72. The summed E-state index contributed by atoms with van der Waals surface area (Å²) in [4.78, 5) is 38.3. The van der Waals surface area contributed by atoms with Crippen LogP contribution in [-0.2, 0) is 21.2 Å². The van der Waals surface area contributed by atoms with Crippen molar-refractivity contribution in [2.45, 2.75) is 42.9 Å². The van der Waals surface area contributed by atoms with Gasteiger partial charge in [-0.05, 0) is 79.8 Å². The minimum absolute atomic E-state index is 0.0154. The maximum atomic E-state index is 14.3. The third-order valence-corrected chi connectivity index (χ3v) is 8.98. The van der Waals surface area contributed by atoms with Gasteiger partial charge in [-0.3, -0.25) is 9.59 Å². The van der Waals surface area contributed by atoms with Crippen LogP contribution in [0.2, 0.25) is 5.02 Å². The van der Waals surface area contributed by atoms with Gasteiger partial charge in [0, 0.05) is 43.9 Å². The van der Waals surface area contributed by atoms with Crippen molar-refractivity contribution in [2.24, 2.45) is 0 Å². The number of amides is 2. The van der Waals surface area contributed by atoms with E-state index < -0.39 is 22.8 Å². The Bertz CT molecular complexity index is 1460. The summed E-state index contributed by atoms with van der Waals surface area (Å²) in [6, 6.07) is 17.4. The highest BCUT2D eigenvalue weighted by Gasteiger charge is 2.56. The Balaban J connectivity index is 1.26. The highest BCUT2D eigenvalue weighted by atomic mass is 35.5. The minimum atomic E-state index is -4.49. The van der Waals surface area contributed by atoms with E-state index in [4.69, 9.17) is 16.3 Å². The number of rotatable bonds is 6. The SMILES string of the molecule is O=C(N1CCN(c2ccccn2)CC1)C1(Oc2ccc(C(F)(F)F)cc2)CCCN(C(=O)C2(c3ccc(Cl)cc3)CC2)C1. The number of halogens is 4. The molecule has 2 aliphatic heterocycles. The van der Waals surface area contributed by atoms with E-state index in [2.05, 4.69) is 9.88 Å². The number of hydrogen-bond donors (Lipinski definition) is 0. The van der Waals surface area contributed by atoms with E-state index in [9.17, 15) is 22.8 Å². The lowest BCUT2D eigenvalue weighted by molar-refractivity contribution is -0.158. The number of carbonyl (C=O) groups is 2. The molecule has 1 aliphatic carbocycles. The van der Waals surface area contributed by atoms with Crippen molar-refractivity contribution in [1.29, 1.82) is 0 Å². The summed E-state index contributed by atoms with van der Waals surface area (Å²) in [5.74, 6) is 0.655. The summed E-state index contributed by atoms with van der Waals surface area (Å²) < 4.78 is 46.1. The fraction of sp³-hybridized carbons (Fsp3) is 0.406. The fourth-order valence-corrected chi connectivity index (χ4v) is 6.35. The number of pyridine rings is 1. The number of anilines is 1. The van der Waals surface area contributed by atoms with Crippen molar-refractivity contribution in [3.05, 3.63) is 89.1 Å². The van der Waals surface area contributed by atoms with Crippen molar-refractivity contribution in [1.82, 2.24) is 14.8 Å². The predicted molar refractivity (Wildman–Crippen MR) is 156 cm³/mol. The molecule has 2 aromatic carbocycles. The summed E-state index contributed by atoms with van der Waals surface area (Å²) in [7, 11) is 0. The van der Waals surface area contributed by atoms with E-state index >= 15 is 0 Å². The first-order valence-electron chi connectivity index (χ1n) is 14.5. The van der Waals surface area contributed by atoms with Gasteiger partial charge < -0.3 is 19.4 Å². The van der Waals surface area contributed by atoms with Gasteiger partial charge in [-0.2, -0.15) is 13.2 Å². The second kappa shape index (κ2) is 11.4. The molecule has 0 spiro atoms. The molecule has 1 atom stereocenters. The number of aromatic nitrogens is 1. The number of carbonyl (C=O) groups excluding carboxylic acids is 2. The van der Waals surface area contributed by atoms with Gasteiger partial charge in [-0.25, -0.2) is 4.98 Å². The minimum Gasteiger partial charge on any atom is -0.476 e. The second-order valence-electron chi connectivity index (χ2n) is 11.5. The van der Waals surface area contributed by atoms with Crippen molar-refractivity contribution in [3.63, 3.8) is 0 Å².